The summed E-state index contributed by atoms with van der Waals surface area (Å²) in [7, 11) is 0. The molecule has 0 radical (unpaired) electrons. The minimum atomic E-state index is -0.678. The molecule has 2 N–H and O–H groups in total. The third kappa shape index (κ3) is 2.95. The van der Waals surface area contributed by atoms with Gasteiger partial charge in [-0.3, -0.25) is 4.79 Å². The minimum Gasteiger partial charge on any atom is -0.356 e. The largest absolute Gasteiger partial charge is 0.356 e. The smallest absolute Gasteiger partial charge is 0.268 e. The Morgan fingerprint density at radius 2 is 2.11 bits per heavy atom. The molecule has 94 valence electrons. The maximum Gasteiger partial charge on any atom is 0.268 e. The molecule has 0 saturated carbocycles. The molecule has 3 nitrogen and oxygen atoms in total. The Labute approximate surface area is 110 Å². The fourth-order valence-corrected chi connectivity index (χ4v) is 1.78. The van der Waals surface area contributed by atoms with Crippen LogP contribution in [-0.4, -0.2) is 10.9 Å². The Morgan fingerprint density at radius 3 is 2.72 bits per heavy atom. The summed E-state index contributed by atoms with van der Waals surface area (Å²) in [4.78, 5) is 14.4. The highest BCUT2D eigenvalue weighted by Gasteiger charge is 2.09. The number of carbonyl (C=O) groups is 1. The first-order valence-electron chi connectivity index (χ1n) is 5.12. The molecule has 0 fully saturated rings. The standard InChI is InChI=1S/C12H9BrF2N2O/c13-8-3-11(16-6-8)12(18)17-5-7-1-2-9(14)4-10(7)15/h1-4,6,16H,5H2,(H,17,18). The summed E-state index contributed by atoms with van der Waals surface area (Å²) in [5.74, 6) is -1.68. The van der Waals surface area contributed by atoms with Gasteiger partial charge in [0.2, 0.25) is 0 Å². The van der Waals surface area contributed by atoms with Crippen LogP contribution in [0.25, 0.3) is 0 Å². The van der Waals surface area contributed by atoms with Crippen LogP contribution in [0.5, 0.6) is 0 Å². The van der Waals surface area contributed by atoms with Gasteiger partial charge in [-0.1, -0.05) is 6.07 Å². The fraction of sp³-hybridized carbons (Fsp3) is 0.0833. The lowest BCUT2D eigenvalue weighted by molar-refractivity contribution is 0.0946. The van der Waals surface area contributed by atoms with E-state index in [1.54, 1.807) is 12.3 Å². The lowest BCUT2D eigenvalue weighted by Gasteiger charge is -2.05. The predicted octanol–water partition coefficient (Wildman–Crippen LogP) is 2.99. The number of hydrogen-bond donors (Lipinski definition) is 2. The van der Waals surface area contributed by atoms with Crippen LogP contribution in [0, 0.1) is 11.6 Å². The number of carbonyl (C=O) groups excluding carboxylic acids is 1. The molecule has 1 amide bonds. The van der Waals surface area contributed by atoms with Gasteiger partial charge in [-0.25, -0.2) is 8.78 Å². The molecule has 0 saturated heterocycles. The van der Waals surface area contributed by atoms with E-state index in [0.29, 0.717) is 5.69 Å². The first-order chi connectivity index (χ1) is 8.56. The van der Waals surface area contributed by atoms with Gasteiger partial charge in [0.1, 0.15) is 17.3 Å². The van der Waals surface area contributed by atoms with Crippen molar-refractivity contribution in [3.05, 3.63) is 57.8 Å². The fourth-order valence-electron chi connectivity index (χ4n) is 1.43. The number of halogens is 3. The van der Waals surface area contributed by atoms with Gasteiger partial charge in [0.25, 0.3) is 5.91 Å². The Balaban J connectivity index is 2.01. The number of H-pyrrole nitrogens is 1. The second kappa shape index (κ2) is 5.30. The van der Waals surface area contributed by atoms with E-state index in [1.165, 1.54) is 6.07 Å². The average molecular weight is 315 g/mol. The summed E-state index contributed by atoms with van der Waals surface area (Å²) in [5, 5.41) is 2.54. The van der Waals surface area contributed by atoms with Crippen LogP contribution in [0.3, 0.4) is 0 Å². The number of aromatic nitrogens is 1. The maximum absolute atomic E-state index is 13.3. The van der Waals surface area contributed by atoms with Crippen LogP contribution in [0.1, 0.15) is 16.1 Å². The molecule has 0 aliphatic rings. The van der Waals surface area contributed by atoms with Crippen LogP contribution in [-0.2, 0) is 6.54 Å². The van der Waals surface area contributed by atoms with Gasteiger partial charge in [-0.05, 0) is 28.1 Å². The van der Waals surface area contributed by atoms with E-state index in [9.17, 15) is 13.6 Å². The Morgan fingerprint density at radius 1 is 1.33 bits per heavy atom. The van der Waals surface area contributed by atoms with Gasteiger partial charge in [-0.2, -0.15) is 0 Å². The van der Waals surface area contributed by atoms with Crippen molar-refractivity contribution in [1.29, 1.82) is 0 Å². The van der Waals surface area contributed by atoms with Crippen molar-refractivity contribution >= 4 is 21.8 Å². The van der Waals surface area contributed by atoms with Crippen LogP contribution in [0.4, 0.5) is 8.78 Å². The second-order valence-electron chi connectivity index (χ2n) is 3.65. The molecule has 1 aromatic heterocycles. The quantitative estimate of drug-likeness (QED) is 0.898. The zero-order chi connectivity index (χ0) is 13.1. The van der Waals surface area contributed by atoms with Crippen molar-refractivity contribution in [2.24, 2.45) is 0 Å². The van der Waals surface area contributed by atoms with Gasteiger partial charge in [0, 0.05) is 28.8 Å². The lowest BCUT2D eigenvalue weighted by Crippen LogP contribution is -2.23. The van der Waals surface area contributed by atoms with Crippen LogP contribution < -0.4 is 5.32 Å². The number of hydrogen-bond acceptors (Lipinski definition) is 1. The van der Waals surface area contributed by atoms with Crippen molar-refractivity contribution in [3.8, 4) is 0 Å². The molecule has 0 aliphatic heterocycles. The molecular formula is C12H9BrF2N2O. The third-order valence-corrected chi connectivity index (χ3v) is 2.80. The molecule has 0 spiro atoms. The van der Waals surface area contributed by atoms with Crippen molar-refractivity contribution in [2.75, 3.05) is 0 Å². The van der Waals surface area contributed by atoms with Gasteiger partial charge in [0.15, 0.2) is 0 Å². The first kappa shape index (κ1) is 12.8. The molecular weight excluding hydrogens is 306 g/mol. The molecule has 0 unspecified atom stereocenters. The number of nitrogens with one attached hydrogen (secondary N) is 2. The predicted molar refractivity (Wildman–Crippen MR) is 66.0 cm³/mol. The maximum atomic E-state index is 13.3. The Hall–Kier alpha value is -1.69. The minimum absolute atomic E-state index is 0.00157. The topological polar surface area (TPSA) is 44.9 Å². The Bertz CT molecular complexity index is 583. The average Bonchev–Trinajstić information content (AvgIpc) is 2.74. The van der Waals surface area contributed by atoms with E-state index >= 15 is 0 Å². The zero-order valence-electron chi connectivity index (χ0n) is 9.14. The van der Waals surface area contributed by atoms with Crippen molar-refractivity contribution in [3.63, 3.8) is 0 Å². The van der Waals surface area contributed by atoms with E-state index in [-0.39, 0.29) is 18.0 Å². The third-order valence-electron chi connectivity index (χ3n) is 2.35. The summed E-state index contributed by atoms with van der Waals surface area (Å²) in [6, 6.07) is 4.84. The summed E-state index contributed by atoms with van der Waals surface area (Å²) in [5.41, 5.74) is 0.597. The zero-order valence-corrected chi connectivity index (χ0v) is 10.7. The molecule has 1 aromatic carbocycles. The summed E-state index contributed by atoms with van der Waals surface area (Å²) in [6.07, 6.45) is 1.62. The van der Waals surface area contributed by atoms with Gasteiger partial charge < -0.3 is 10.3 Å². The highest BCUT2D eigenvalue weighted by atomic mass is 79.9. The normalized spacial score (nSPS) is 10.4. The number of rotatable bonds is 3. The monoisotopic (exact) mass is 314 g/mol. The van der Waals surface area contributed by atoms with Crippen LogP contribution >= 0.6 is 15.9 Å². The van der Waals surface area contributed by atoms with Crippen molar-refractivity contribution in [1.82, 2.24) is 10.3 Å². The van der Waals surface area contributed by atoms with Gasteiger partial charge in [0.05, 0.1) is 0 Å². The molecule has 0 bridgehead atoms. The highest BCUT2D eigenvalue weighted by molar-refractivity contribution is 9.10. The van der Waals surface area contributed by atoms with Crippen molar-refractivity contribution < 1.29 is 13.6 Å². The molecule has 2 aromatic rings. The summed E-state index contributed by atoms with van der Waals surface area (Å²) >= 11 is 3.20. The van der Waals surface area contributed by atoms with Crippen LogP contribution in [0.15, 0.2) is 34.9 Å². The molecule has 1 heterocycles. The van der Waals surface area contributed by atoms with E-state index in [4.69, 9.17) is 0 Å². The molecule has 18 heavy (non-hydrogen) atoms. The van der Waals surface area contributed by atoms with E-state index in [0.717, 1.165) is 16.6 Å². The Kier molecular flexibility index (Phi) is 3.76. The van der Waals surface area contributed by atoms with E-state index < -0.39 is 11.6 Å². The number of benzene rings is 1. The van der Waals surface area contributed by atoms with E-state index in [1.807, 2.05) is 0 Å². The number of amides is 1. The molecule has 0 aliphatic carbocycles. The molecule has 6 heteroatoms. The van der Waals surface area contributed by atoms with Gasteiger partial charge >= 0.3 is 0 Å². The highest BCUT2D eigenvalue weighted by Crippen LogP contribution is 2.12. The van der Waals surface area contributed by atoms with E-state index in [2.05, 4.69) is 26.2 Å². The lowest BCUT2D eigenvalue weighted by atomic mass is 10.2. The second-order valence-corrected chi connectivity index (χ2v) is 4.57. The van der Waals surface area contributed by atoms with Gasteiger partial charge in [-0.15, -0.1) is 0 Å². The summed E-state index contributed by atoms with van der Waals surface area (Å²) < 4.78 is 26.7. The first-order valence-corrected chi connectivity index (χ1v) is 5.91. The van der Waals surface area contributed by atoms with Crippen LogP contribution in [0.2, 0.25) is 0 Å². The molecule has 0 atom stereocenters. The molecule has 2 rings (SSSR count). The summed E-state index contributed by atoms with van der Waals surface area (Å²) in [6.45, 7) is 0.00157. The number of aromatic amines is 1. The van der Waals surface area contributed by atoms with Crippen molar-refractivity contribution in [2.45, 2.75) is 6.54 Å². The SMILES string of the molecule is O=C(NCc1ccc(F)cc1F)c1cc(Br)c[nH]1.